The number of H-pyrrole nitrogens is 1. The third kappa shape index (κ3) is 4.71. The van der Waals surface area contributed by atoms with Gasteiger partial charge in [0.25, 0.3) is 5.91 Å². The third-order valence-corrected chi connectivity index (χ3v) is 6.08. The van der Waals surface area contributed by atoms with Crippen LogP contribution in [0.15, 0.2) is 48.0 Å². The van der Waals surface area contributed by atoms with E-state index in [4.69, 9.17) is 0 Å². The maximum atomic E-state index is 12.8. The van der Waals surface area contributed by atoms with Gasteiger partial charge in [0.15, 0.2) is 0 Å². The molecule has 0 unspecified atom stereocenters. The molecule has 7 nitrogen and oxygen atoms in total. The number of amides is 2. The zero-order valence-electron chi connectivity index (χ0n) is 16.0. The van der Waals surface area contributed by atoms with Gasteiger partial charge in [0.2, 0.25) is 5.91 Å². The first kappa shape index (κ1) is 19.3. The molecule has 4 heterocycles. The highest BCUT2D eigenvalue weighted by atomic mass is 32.1. The molecule has 150 valence electrons. The Labute approximate surface area is 173 Å². The molecule has 0 spiro atoms. The van der Waals surface area contributed by atoms with Crippen molar-refractivity contribution in [3.63, 3.8) is 0 Å². The van der Waals surface area contributed by atoms with Crippen molar-refractivity contribution < 1.29 is 9.59 Å². The number of pyridine rings is 1. The van der Waals surface area contributed by atoms with Gasteiger partial charge in [-0.3, -0.25) is 19.7 Å². The van der Waals surface area contributed by atoms with Crippen molar-refractivity contribution in [3.8, 4) is 11.4 Å². The number of aromatic amines is 1. The zero-order valence-corrected chi connectivity index (χ0v) is 16.8. The SMILES string of the molecule is O=C(NCCc1cccs1)C1CCN(C(=O)c2cc(-c3ccccn3)n[nH]2)CC1. The summed E-state index contributed by atoms with van der Waals surface area (Å²) in [4.78, 5) is 32.5. The summed E-state index contributed by atoms with van der Waals surface area (Å²) >= 11 is 1.70. The van der Waals surface area contributed by atoms with Gasteiger partial charge in [-0.25, -0.2) is 0 Å². The average molecular weight is 410 g/mol. The second-order valence-electron chi connectivity index (χ2n) is 7.07. The number of rotatable bonds is 6. The molecule has 1 fully saturated rings. The summed E-state index contributed by atoms with van der Waals surface area (Å²) in [7, 11) is 0. The van der Waals surface area contributed by atoms with E-state index < -0.39 is 0 Å². The van der Waals surface area contributed by atoms with Crippen molar-refractivity contribution >= 4 is 23.2 Å². The number of nitrogens with one attached hydrogen (secondary N) is 2. The second-order valence-corrected chi connectivity index (χ2v) is 8.10. The maximum Gasteiger partial charge on any atom is 0.271 e. The fourth-order valence-corrected chi connectivity index (χ4v) is 4.21. The first-order valence-corrected chi connectivity index (χ1v) is 10.6. The molecular weight excluding hydrogens is 386 g/mol. The number of nitrogens with zero attached hydrogens (tertiary/aromatic N) is 3. The van der Waals surface area contributed by atoms with Crippen LogP contribution in [0, 0.1) is 5.92 Å². The number of hydrogen-bond acceptors (Lipinski definition) is 5. The van der Waals surface area contributed by atoms with E-state index >= 15 is 0 Å². The summed E-state index contributed by atoms with van der Waals surface area (Å²) in [6.45, 7) is 1.79. The van der Waals surface area contributed by atoms with Gasteiger partial charge in [-0.15, -0.1) is 11.3 Å². The number of aromatic nitrogens is 3. The highest BCUT2D eigenvalue weighted by Crippen LogP contribution is 2.21. The summed E-state index contributed by atoms with van der Waals surface area (Å²) in [5.41, 5.74) is 1.82. The van der Waals surface area contributed by atoms with Gasteiger partial charge in [-0.05, 0) is 48.9 Å². The van der Waals surface area contributed by atoms with Gasteiger partial charge in [0, 0.05) is 36.6 Å². The Hall–Kier alpha value is -3.00. The molecule has 0 aromatic carbocycles. The van der Waals surface area contributed by atoms with Crippen LogP contribution in [0.4, 0.5) is 0 Å². The Morgan fingerprint density at radius 3 is 2.76 bits per heavy atom. The molecule has 0 aliphatic carbocycles. The van der Waals surface area contributed by atoms with Crippen molar-refractivity contribution in [1.82, 2.24) is 25.4 Å². The lowest BCUT2D eigenvalue weighted by atomic mass is 9.95. The maximum absolute atomic E-state index is 12.8. The van der Waals surface area contributed by atoms with Crippen LogP contribution in [-0.4, -0.2) is 51.5 Å². The Bertz CT molecular complexity index is 947. The van der Waals surface area contributed by atoms with Crippen LogP contribution in [0.2, 0.25) is 0 Å². The van der Waals surface area contributed by atoms with Crippen LogP contribution >= 0.6 is 11.3 Å². The highest BCUT2D eigenvalue weighted by Gasteiger charge is 2.28. The number of carbonyl (C=O) groups excluding carboxylic acids is 2. The summed E-state index contributed by atoms with van der Waals surface area (Å²) < 4.78 is 0. The van der Waals surface area contributed by atoms with E-state index in [1.165, 1.54) is 4.88 Å². The Morgan fingerprint density at radius 2 is 2.03 bits per heavy atom. The van der Waals surface area contributed by atoms with Crippen molar-refractivity contribution in [2.75, 3.05) is 19.6 Å². The molecule has 0 bridgehead atoms. The van der Waals surface area contributed by atoms with E-state index in [1.807, 2.05) is 29.6 Å². The van der Waals surface area contributed by atoms with E-state index in [2.05, 4.69) is 26.6 Å². The molecular formula is C21H23N5O2S. The molecule has 1 aliphatic rings. The largest absolute Gasteiger partial charge is 0.355 e. The molecule has 29 heavy (non-hydrogen) atoms. The topological polar surface area (TPSA) is 91.0 Å². The first-order valence-electron chi connectivity index (χ1n) is 9.77. The minimum absolute atomic E-state index is 0.0340. The highest BCUT2D eigenvalue weighted by molar-refractivity contribution is 7.09. The van der Waals surface area contributed by atoms with E-state index in [0.29, 0.717) is 43.9 Å². The van der Waals surface area contributed by atoms with Crippen LogP contribution in [0.5, 0.6) is 0 Å². The summed E-state index contributed by atoms with van der Waals surface area (Å²) in [5.74, 6) is -0.0305. The number of likely N-dealkylation sites (tertiary alicyclic amines) is 1. The molecule has 2 N–H and O–H groups in total. The molecule has 8 heteroatoms. The quantitative estimate of drug-likeness (QED) is 0.655. The van der Waals surface area contributed by atoms with Gasteiger partial charge in [-0.1, -0.05) is 12.1 Å². The molecule has 0 atom stereocenters. The lowest BCUT2D eigenvalue weighted by Gasteiger charge is -2.31. The lowest BCUT2D eigenvalue weighted by Crippen LogP contribution is -2.43. The van der Waals surface area contributed by atoms with Gasteiger partial charge in [0.05, 0.1) is 5.69 Å². The molecule has 3 aromatic heterocycles. The standard InChI is InChI=1S/C21H23N5O2S/c27-20(23-10-6-16-4-3-13-29-16)15-7-11-26(12-8-15)21(28)19-14-18(24-25-19)17-5-1-2-9-22-17/h1-5,9,13-15H,6-8,10-12H2,(H,23,27)(H,24,25). The number of thiophene rings is 1. The van der Waals surface area contributed by atoms with Gasteiger partial charge in [-0.2, -0.15) is 5.10 Å². The molecule has 4 rings (SSSR count). The van der Waals surface area contributed by atoms with Crippen molar-refractivity contribution in [2.45, 2.75) is 19.3 Å². The first-order chi connectivity index (χ1) is 14.2. The number of carbonyl (C=O) groups is 2. The molecule has 1 saturated heterocycles. The average Bonchev–Trinajstić information content (AvgIpc) is 3.46. The smallest absolute Gasteiger partial charge is 0.271 e. The molecule has 3 aromatic rings. The van der Waals surface area contributed by atoms with E-state index in [9.17, 15) is 9.59 Å². The molecule has 2 amide bonds. The predicted molar refractivity (Wildman–Crippen MR) is 111 cm³/mol. The second kappa shape index (κ2) is 9.00. The van der Waals surface area contributed by atoms with Crippen LogP contribution in [-0.2, 0) is 11.2 Å². The van der Waals surface area contributed by atoms with Crippen LogP contribution in [0.25, 0.3) is 11.4 Å². The van der Waals surface area contributed by atoms with Gasteiger partial charge < -0.3 is 10.2 Å². The minimum Gasteiger partial charge on any atom is -0.355 e. The number of hydrogen-bond donors (Lipinski definition) is 2. The van der Waals surface area contributed by atoms with E-state index in [1.54, 1.807) is 28.5 Å². The predicted octanol–water partition coefficient (Wildman–Crippen LogP) is 2.74. The van der Waals surface area contributed by atoms with E-state index in [-0.39, 0.29) is 17.7 Å². The van der Waals surface area contributed by atoms with Crippen LogP contribution in [0.1, 0.15) is 28.2 Å². The van der Waals surface area contributed by atoms with Crippen molar-refractivity contribution in [1.29, 1.82) is 0 Å². The van der Waals surface area contributed by atoms with Crippen molar-refractivity contribution in [2.24, 2.45) is 5.92 Å². The monoisotopic (exact) mass is 409 g/mol. The number of piperidine rings is 1. The minimum atomic E-state index is -0.0868. The van der Waals surface area contributed by atoms with Gasteiger partial charge in [0.1, 0.15) is 11.4 Å². The fraction of sp³-hybridized carbons (Fsp3) is 0.333. The third-order valence-electron chi connectivity index (χ3n) is 5.14. The van der Waals surface area contributed by atoms with Crippen LogP contribution in [0.3, 0.4) is 0 Å². The molecule has 0 saturated carbocycles. The normalized spacial score (nSPS) is 14.7. The summed E-state index contributed by atoms with van der Waals surface area (Å²) in [6, 6.07) is 11.4. The van der Waals surface area contributed by atoms with Crippen molar-refractivity contribution in [3.05, 3.63) is 58.5 Å². The van der Waals surface area contributed by atoms with Crippen LogP contribution < -0.4 is 5.32 Å². The molecule has 1 aliphatic heterocycles. The van der Waals surface area contributed by atoms with E-state index in [0.717, 1.165) is 12.1 Å². The fourth-order valence-electron chi connectivity index (χ4n) is 3.50. The Balaban J connectivity index is 1.26. The van der Waals surface area contributed by atoms with Gasteiger partial charge >= 0.3 is 0 Å². The Morgan fingerprint density at radius 1 is 1.17 bits per heavy atom. The summed E-state index contributed by atoms with van der Waals surface area (Å²) in [5, 5.41) is 12.1. The zero-order chi connectivity index (χ0) is 20.1. The molecule has 0 radical (unpaired) electrons. The lowest BCUT2D eigenvalue weighted by molar-refractivity contribution is -0.126. The summed E-state index contributed by atoms with van der Waals surface area (Å²) in [6.07, 6.45) is 3.91. The Kier molecular flexibility index (Phi) is 6.00.